The van der Waals surface area contributed by atoms with E-state index in [0.717, 1.165) is 0 Å². The van der Waals surface area contributed by atoms with Crippen LogP contribution < -0.4 is 5.32 Å². The summed E-state index contributed by atoms with van der Waals surface area (Å²) in [7, 11) is 0. The number of halogens is 1. The third kappa shape index (κ3) is 3.08. The minimum absolute atomic E-state index is 0.105. The summed E-state index contributed by atoms with van der Waals surface area (Å²) in [5.74, 6) is 0.643. The standard InChI is InChI=1S/C11H14ClN7O/c1-5(2)9-13-4-7(12)8(15-9)11(20)14-6(3)10-16-18-19-17-10/h4-6H,1-3H3,(H,14,20)(H,16,17,18,19). The highest BCUT2D eigenvalue weighted by Crippen LogP contribution is 2.17. The number of rotatable bonds is 4. The van der Waals surface area contributed by atoms with Crippen LogP contribution in [0.4, 0.5) is 0 Å². The van der Waals surface area contributed by atoms with Crippen molar-refractivity contribution in [3.8, 4) is 0 Å². The van der Waals surface area contributed by atoms with Gasteiger partial charge in [-0.25, -0.2) is 9.97 Å². The van der Waals surface area contributed by atoms with Gasteiger partial charge in [-0.15, -0.1) is 10.2 Å². The summed E-state index contributed by atoms with van der Waals surface area (Å²) in [6, 6.07) is -0.408. The van der Waals surface area contributed by atoms with Gasteiger partial charge in [0.25, 0.3) is 5.91 Å². The van der Waals surface area contributed by atoms with E-state index in [1.54, 1.807) is 6.92 Å². The number of nitrogens with zero attached hydrogens (tertiary/aromatic N) is 5. The summed E-state index contributed by atoms with van der Waals surface area (Å²) in [6.07, 6.45) is 1.43. The van der Waals surface area contributed by atoms with Crippen LogP contribution >= 0.6 is 11.6 Å². The van der Waals surface area contributed by atoms with E-state index in [-0.39, 0.29) is 16.6 Å². The topological polar surface area (TPSA) is 109 Å². The summed E-state index contributed by atoms with van der Waals surface area (Å²) in [5, 5.41) is 16.3. The van der Waals surface area contributed by atoms with E-state index in [9.17, 15) is 4.79 Å². The van der Waals surface area contributed by atoms with E-state index in [2.05, 4.69) is 35.9 Å². The Kier molecular flexibility index (Phi) is 4.23. The van der Waals surface area contributed by atoms with Crippen LogP contribution in [0.3, 0.4) is 0 Å². The molecule has 2 aromatic heterocycles. The van der Waals surface area contributed by atoms with Crippen LogP contribution in [0.5, 0.6) is 0 Å². The molecule has 2 N–H and O–H groups in total. The smallest absolute Gasteiger partial charge is 0.272 e. The third-order valence-electron chi connectivity index (χ3n) is 2.59. The second kappa shape index (κ2) is 5.91. The van der Waals surface area contributed by atoms with Crippen molar-refractivity contribution < 1.29 is 4.79 Å². The van der Waals surface area contributed by atoms with Crippen LogP contribution in [-0.2, 0) is 0 Å². The Hall–Kier alpha value is -2.09. The number of hydrogen-bond acceptors (Lipinski definition) is 6. The number of H-pyrrole nitrogens is 1. The van der Waals surface area contributed by atoms with Crippen molar-refractivity contribution in [1.82, 2.24) is 35.9 Å². The maximum atomic E-state index is 12.2. The van der Waals surface area contributed by atoms with Crippen molar-refractivity contribution in [1.29, 1.82) is 0 Å². The number of hydrogen-bond donors (Lipinski definition) is 2. The third-order valence-corrected chi connectivity index (χ3v) is 2.87. The molecule has 0 bridgehead atoms. The SMILES string of the molecule is CC(C)c1ncc(Cl)c(C(=O)NC(C)c2nn[nH]n2)n1. The molecule has 0 aliphatic carbocycles. The lowest BCUT2D eigenvalue weighted by Crippen LogP contribution is -2.29. The van der Waals surface area contributed by atoms with Crippen molar-refractivity contribution in [2.24, 2.45) is 0 Å². The number of aromatic amines is 1. The minimum atomic E-state index is -0.408. The average Bonchev–Trinajstić information content (AvgIpc) is 2.92. The normalized spacial score (nSPS) is 12.4. The Morgan fingerprint density at radius 2 is 2.10 bits per heavy atom. The Bertz CT molecular complexity index is 599. The van der Waals surface area contributed by atoms with Gasteiger partial charge in [0, 0.05) is 5.92 Å². The zero-order chi connectivity index (χ0) is 14.7. The highest BCUT2D eigenvalue weighted by Gasteiger charge is 2.19. The predicted molar refractivity (Wildman–Crippen MR) is 71.2 cm³/mol. The molecule has 2 rings (SSSR count). The highest BCUT2D eigenvalue weighted by molar-refractivity contribution is 6.33. The Morgan fingerprint density at radius 1 is 1.35 bits per heavy atom. The van der Waals surface area contributed by atoms with Gasteiger partial charge in [-0.3, -0.25) is 4.79 Å². The first-order chi connectivity index (χ1) is 9.49. The lowest BCUT2D eigenvalue weighted by atomic mass is 10.2. The van der Waals surface area contributed by atoms with E-state index < -0.39 is 11.9 Å². The molecule has 2 aromatic rings. The summed E-state index contributed by atoms with van der Waals surface area (Å²) in [6.45, 7) is 5.61. The molecule has 1 atom stereocenters. The second-order valence-corrected chi connectivity index (χ2v) is 4.95. The molecule has 20 heavy (non-hydrogen) atoms. The lowest BCUT2D eigenvalue weighted by Gasteiger charge is -2.11. The molecule has 2 heterocycles. The number of carbonyl (C=O) groups is 1. The molecule has 0 aliphatic heterocycles. The van der Waals surface area contributed by atoms with Crippen molar-refractivity contribution in [2.75, 3.05) is 0 Å². The van der Waals surface area contributed by atoms with Crippen LogP contribution in [0.15, 0.2) is 6.20 Å². The van der Waals surface area contributed by atoms with Crippen LogP contribution in [0.1, 0.15) is 54.9 Å². The molecule has 9 heteroatoms. The molecule has 0 aromatic carbocycles. The second-order valence-electron chi connectivity index (χ2n) is 4.54. The molecule has 0 radical (unpaired) electrons. The van der Waals surface area contributed by atoms with Crippen LogP contribution in [-0.4, -0.2) is 36.5 Å². The van der Waals surface area contributed by atoms with Gasteiger partial charge in [-0.05, 0) is 6.92 Å². The van der Waals surface area contributed by atoms with Crippen molar-refractivity contribution in [3.05, 3.63) is 28.6 Å². The number of carbonyl (C=O) groups excluding carboxylic acids is 1. The zero-order valence-electron chi connectivity index (χ0n) is 11.3. The first kappa shape index (κ1) is 14.3. The number of aromatic nitrogens is 6. The summed E-state index contributed by atoms with van der Waals surface area (Å²) >= 11 is 5.97. The first-order valence-corrected chi connectivity index (χ1v) is 6.43. The van der Waals surface area contributed by atoms with Gasteiger partial charge in [0.2, 0.25) is 0 Å². The largest absolute Gasteiger partial charge is 0.341 e. The average molecular weight is 296 g/mol. The molecule has 1 amide bonds. The quantitative estimate of drug-likeness (QED) is 0.878. The van der Waals surface area contributed by atoms with E-state index in [1.165, 1.54) is 6.20 Å². The van der Waals surface area contributed by atoms with Crippen molar-refractivity contribution in [2.45, 2.75) is 32.7 Å². The van der Waals surface area contributed by atoms with Gasteiger partial charge in [-0.1, -0.05) is 30.7 Å². The maximum absolute atomic E-state index is 12.2. The molecule has 0 spiro atoms. The molecular weight excluding hydrogens is 282 g/mol. The van der Waals surface area contributed by atoms with Gasteiger partial charge in [0.05, 0.1) is 17.3 Å². The van der Waals surface area contributed by atoms with Gasteiger partial charge in [0.15, 0.2) is 5.82 Å². The first-order valence-electron chi connectivity index (χ1n) is 6.05. The van der Waals surface area contributed by atoms with E-state index in [1.807, 2.05) is 13.8 Å². The fourth-order valence-electron chi connectivity index (χ4n) is 1.50. The van der Waals surface area contributed by atoms with Gasteiger partial charge < -0.3 is 5.32 Å². The zero-order valence-corrected chi connectivity index (χ0v) is 12.0. The maximum Gasteiger partial charge on any atom is 0.272 e. The lowest BCUT2D eigenvalue weighted by molar-refractivity contribution is 0.0933. The molecular formula is C11H14ClN7O. The predicted octanol–water partition coefficient (Wildman–Crippen LogP) is 1.26. The highest BCUT2D eigenvalue weighted by atomic mass is 35.5. The van der Waals surface area contributed by atoms with Gasteiger partial charge in [0.1, 0.15) is 11.5 Å². The Morgan fingerprint density at radius 3 is 2.70 bits per heavy atom. The van der Waals surface area contributed by atoms with E-state index >= 15 is 0 Å². The molecule has 0 aliphatic rings. The monoisotopic (exact) mass is 295 g/mol. The number of amides is 1. The Balaban J connectivity index is 2.18. The molecule has 106 valence electrons. The van der Waals surface area contributed by atoms with Crippen molar-refractivity contribution in [3.63, 3.8) is 0 Å². The van der Waals surface area contributed by atoms with Crippen LogP contribution in [0, 0.1) is 0 Å². The van der Waals surface area contributed by atoms with Crippen molar-refractivity contribution >= 4 is 17.5 Å². The van der Waals surface area contributed by atoms with Crippen LogP contribution in [0.25, 0.3) is 0 Å². The fraction of sp³-hybridized carbons (Fsp3) is 0.455. The molecule has 1 unspecified atom stereocenters. The van der Waals surface area contributed by atoms with Gasteiger partial charge >= 0.3 is 0 Å². The summed E-state index contributed by atoms with van der Waals surface area (Å²) < 4.78 is 0. The molecule has 0 saturated carbocycles. The number of nitrogens with one attached hydrogen (secondary N) is 2. The molecule has 8 nitrogen and oxygen atoms in total. The minimum Gasteiger partial charge on any atom is -0.341 e. The van der Waals surface area contributed by atoms with E-state index in [4.69, 9.17) is 11.6 Å². The van der Waals surface area contributed by atoms with E-state index in [0.29, 0.717) is 11.6 Å². The van der Waals surface area contributed by atoms with Gasteiger partial charge in [-0.2, -0.15) is 5.21 Å². The Labute approximate surface area is 120 Å². The molecule has 0 fully saturated rings. The molecule has 0 saturated heterocycles. The summed E-state index contributed by atoms with van der Waals surface area (Å²) in [4.78, 5) is 20.4. The summed E-state index contributed by atoms with van der Waals surface area (Å²) in [5.41, 5.74) is 0.140. The van der Waals surface area contributed by atoms with Crippen LogP contribution in [0.2, 0.25) is 5.02 Å². The fourth-order valence-corrected chi connectivity index (χ4v) is 1.68. The number of tetrazole rings is 1.